The molecule has 2 aromatic rings. The number of nitrogens with one attached hydrogen (secondary N) is 1. The van der Waals surface area contributed by atoms with E-state index in [-0.39, 0.29) is 16.7 Å². The van der Waals surface area contributed by atoms with Crippen LogP contribution in [-0.2, 0) is 11.3 Å². The van der Waals surface area contributed by atoms with Crippen molar-refractivity contribution in [1.29, 1.82) is 0 Å². The summed E-state index contributed by atoms with van der Waals surface area (Å²) in [6.07, 6.45) is 1.58. The Labute approximate surface area is 144 Å². The molecule has 8 heteroatoms. The maximum Gasteiger partial charge on any atom is 0.323 e. The van der Waals surface area contributed by atoms with Crippen LogP contribution in [0.3, 0.4) is 0 Å². The lowest BCUT2D eigenvalue weighted by Gasteiger charge is -2.15. The van der Waals surface area contributed by atoms with Crippen molar-refractivity contribution < 1.29 is 9.90 Å². The largest absolute Gasteiger partial charge is 0.480 e. The van der Waals surface area contributed by atoms with Crippen LogP contribution in [0, 0.1) is 0 Å². The van der Waals surface area contributed by atoms with E-state index in [1.54, 1.807) is 24.3 Å². The zero-order valence-corrected chi connectivity index (χ0v) is 13.8. The van der Waals surface area contributed by atoms with E-state index in [2.05, 4.69) is 10.3 Å². The number of benzene rings is 1. The highest BCUT2D eigenvalue weighted by Gasteiger charge is 2.18. The van der Waals surface area contributed by atoms with Gasteiger partial charge in [0.25, 0.3) is 5.56 Å². The fourth-order valence-electron chi connectivity index (χ4n) is 2.29. The first-order valence-electron chi connectivity index (χ1n) is 7.56. The summed E-state index contributed by atoms with van der Waals surface area (Å²) in [5, 5.41) is 12.1. The number of halogens is 1. The van der Waals surface area contributed by atoms with Crippen LogP contribution in [0.2, 0.25) is 5.15 Å². The third-order valence-corrected chi connectivity index (χ3v) is 3.65. The Morgan fingerprint density at radius 3 is 2.62 bits per heavy atom. The zero-order valence-electron chi connectivity index (χ0n) is 13.0. The van der Waals surface area contributed by atoms with Gasteiger partial charge in [-0.3, -0.25) is 14.2 Å². The number of nitrogens with zero attached hydrogens (tertiary/aromatic N) is 2. The van der Waals surface area contributed by atoms with Gasteiger partial charge in [-0.25, -0.2) is 4.98 Å². The highest BCUT2D eigenvalue weighted by atomic mass is 35.5. The van der Waals surface area contributed by atoms with Crippen LogP contribution in [0.5, 0.6) is 0 Å². The predicted octanol–water partition coefficient (Wildman–Crippen LogP) is 1.80. The first-order valence-corrected chi connectivity index (χ1v) is 7.94. The summed E-state index contributed by atoms with van der Waals surface area (Å²) in [4.78, 5) is 27.9. The molecule has 0 atom stereocenters. The summed E-state index contributed by atoms with van der Waals surface area (Å²) < 4.78 is 1.12. The van der Waals surface area contributed by atoms with Crippen LogP contribution < -0.4 is 16.6 Å². The Bertz CT molecular complexity index is 762. The monoisotopic (exact) mass is 350 g/mol. The number of unbranched alkanes of at least 4 members (excludes halogenated alkanes) is 1. The van der Waals surface area contributed by atoms with Crippen LogP contribution in [0.25, 0.3) is 11.3 Å². The van der Waals surface area contributed by atoms with Crippen molar-refractivity contribution in [3.63, 3.8) is 0 Å². The van der Waals surface area contributed by atoms with E-state index in [9.17, 15) is 9.59 Å². The van der Waals surface area contributed by atoms with Gasteiger partial charge in [-0.05, 0) is 19.4 Å². The number of hydrogen-bond acceptors (Lipinski definition) is 5. The highest BCUT2D eigenvalue weighted by Crippen LogP contribution is 2.26. The Morgan fingerprint density at radius 1 is 1.29 bits per heavy atom. The van der Waals surface area contributed by atoms with Gasteiger partial charge < -0.3 is 16.2 Å². The molecule has 0 aliphatic heterocycles. The number of anilines is 1. The summed E-state index contributed by atoms with van der Waals surface area (Å²) in [5.74, 6) is -1.09. The van der Waals surface area contributed by atoms with Crippen LogP contribution >= 0.6 is 11.6 Å². The third-order valence-electron chi connectivity index (χ3n) is 3.39. The number of aromatic nitrogens is 2. The van der Waals surface area contributed by atoms with Gasteiger partial charge in [-0.1, -0.05) is 41.9 Å². The average molecular weight is 351 g/mol. The quantitative estimate of drug-likeness (QED) is 0.626. The van der Waals surface area contributed by atoms with Gasteiger partial charge in [-0.2, -0.15) is 0 Å². The predicted molar refractivity (Wildman–Crippen MR) is 93.4 cm³/mol. The summed E-state index contributed by atoms with van der Waals surface area (Å²) in [7, 11) is 0. The third kappa shape index (κ3) is 4.33. The molecule has 24 heavy (non-hydrogen) atoms. The zero-order chi connectivity index (χ0) is 17.5. The van der Waals surface area contributed by atoms with Crippen molar-refractivity contribution in [3.8, 4) is 11.3 Å². The second kappa shape index (κ2) is 8.47. The maximum absolute atomic E-state index is 12.6. The van der Waals surface area contributed by atoms with E-state index in [1.165, 1.54) is 0 Å². The van der Waals surface area contributed by atoms with Gasteiger partial charge in [-0.15, -0.1) is 0 Å². The molecule has 0 amide bonds. The lowest BCUT2D eigenvalue weighted by atomic mass is 10.1. The molecule has 0 aliphatic carbocycles. The summed E-state index contributed by atoms with van der Waals surface area (Å²) in [6.45, 7) is 0.572. The molecule has 4 N–H and O–H groups in total. The molecular formula is C16H19ClN4O3. The minimum Gasteiger partial charge on any atom is -0.480 e. The molecule has 1 heterocycles. The van der Waals surface area contributed by atoms with Crippen molar-refractivity contribution in [2.75, 3.05) is 18.4 Å². The number of carboxylic acids is 1. The Hall–Kier alpha value is -2.38. The van der Waals surface area contributed by atoms with Crippen LogP contribution in [-0.4, -0.2) is 33.7 Å². The molecule has 0 radical (unpaired) electrons. The molecule has 0 fully saturated rings. The molecule has 0 saturated carbocycles. The summed E-state index contributed by atoms with van der Waals surface area (Å²) >= 11 is 6.24. The first-order chi connectivity index (χ1) is 11.5. The van der Waals surface area contributed by atoms with Gasteiger partial charge in [0.1, 0.15) is 6.54 Å². The normalized spacial score (nSPS) is 10.6. The molecule has 2 rings (SSSR count). The molecule has 0 spiro atoms. The Balaban J connectivity index is 2.46. The maximum atomic E-state index is 12.6. The minimum absolute atomic E-state index is 0.0398. The Morgan fingerprint density at radius 2 is 2.00 bits per heavy atom. The van der Waals surface area contributed by atoms with Crippen molar-refractivity contribution >= 4 is 23.4 Å². The van der Waals surface area contributed by atoms with Crippen LogP contribution in [0.1, 0.15) is 12.8 Å². The van der Waals surface area contributed by atoms with E-state index < -0.39 is 18.1 Å². The highest BCUT2D eigenvalue weighted by molar-refractivity contribution is 6.32. The van der Waals surface area contributed by atoms with Crippen LogP contribution in [0.15, 0.2) is 35.1 Å². The molecule has 0 unspecified atom stereocenters. The number of carboxylic acid groups (broad SMARTS) is 1. The Kier molecular flexibility index (Phi) is 6.34. The number of aliphatic carboxylic acids is 1. The standard InChI is InChI=1S/C16H19ClN4O3/c17-14-13(11-6-2-1-3-7-11)21(10-12(22)23)16(24)15(20-14)19-9-5-4-8-18/h1-3,6-7H,4-5,8-10,18H2,(H,19,20)(H,22,23). The fourth-order valence-corrected chi connectivity index (χ4v) is 2.58. The molecule has 1 aromatic heterocycles. The first kappa shape index (κ1) is 18.0. The average Bonchev–Trinajstić information content (AvgIpc) is 2.56. The fraction of sp³-hybridized carbons (Fsp3) is 0.312. The number of hydrogen-bond donors (Lipinski definition) is 3. The van der Waals surface area contributed by atoms with Gasteiger partial charge in [0.05, 0.1) is 5.69 Å². The molecule has 0 saturated heterocycles. The van der Waals surface area contributed by atoms with Crippen LogP contribution in [0.4, 0.5) is 5.82 Å². The second-order valence-corrected chi connectivity index (χ2v) is 5.53. The molecular weight excluding hydrogens is 332 g/mol. The van der Waals surface area contributed by atoms with Crippen molar-refractivity contribution in [1.82, 2.24) is 9.55 Å². The molecule has 0 bridgehead atoms. The molecule has 0 aliphatic rings. The summed E-state index contributed by atoms with van der Waals surface area (Å²) in [5.41, 5.74) is 5.83. The SMILES string of the molecule is NCCCCNc1nc(Cl)c(-c2ccccc2)n(CC(=O)O)c1=O. The second-order valence-electron chi connectivity index (χ2n) is 5.17. The van der Waals surface area contributed by atoms with Crippen molar-refractivity contribution in [3.05, 3.63) is 45.8 Å². The molecule has 7 nitrogen and oxygen atoms in total. The lowest BCUT2D eigenvalue weighted by Crippen LogP contribution is -2.29. The topological polar surface area (TPSA) is 110 Å². The minimum atomic E-state index is -1.13. The molecule has 1 aromatic carbocycles. The van der Waals surface area contributed by atoms with E-state index in [1.807, 2.05) is 6.07 Å². The van der Waals surface area contributed by atoms with E-state index in [0.29, 0.717) is 18.7 Å². The van der Waals surface area contributed by atoms with Crippen molar-refractivity contribution in [2.45, 2.75) is 19.4 Å². The van der Waals surface area contributed by atoms with E-state index in [4.69, 9.17) is 22.4 Å². The van der Waals surface area contributed by atoms with Crippen molar-refractivity contribution in [2.24, 2.45) is 5.73 Å². The smallest absolute Gasteiger partial charge is 0.323 e. The summed E-state index contributed by atoms with van der Waals surface area (Å²) in [6, 6.07) is 8.86. The number of nitrogens with two attached hydrogens (primary N) is 1. The van der Waals surface area contributed by atoms with Gasteiger partial charge in [0, 0.05) is 12.1 Å². The van der Waals surface area contributed by atoms with Gasteiger partial charge in [0.2, 0.25) is 0 Å². The van der Waals surface area contributed by atoms with E-state index >= 15 is 0 Å². The van der Waals surface area contributed by atoms with Gasteiger partial charge >= 0.3 is 5.97 Å². The lowest BCUT2D eigenvalue weighted by molar-refractivity contribution is -0.137. The van der Waals surface area contributed by atoms with Gasteiger partial charge in [0.15, 0.2) is 11.0 Å². The van der Waals surface area contributed by atoms with E-state index in [0.717, 1.165) is 17.4 Å². The molecule has 128 valence electrons. The number of carbonyl (C=O) groups is 1. The number of rotatable bonds is 8.